The zero-order chi connectivity index (χ0) is 15.0. The lowest BCUT2D eigenvalue weighted by atomic mass is 10.1. The van der Waals surface area contributed by atoms with Crippen molar-refractivity contribution in [2.24, 2.45) is 5.73 Å². The van der Waals surface area contributed by atoms with Crippen LogP contribution in [0.25, 0.3) is 11.0 Å². The number of carbonyl (C=O) groups is 1. The number of nitrogens with zero attached hydrogens (tertiary/aromatic N) is 1. The van der Waals surface area contributed by atoms with E-state index < -0.39 is 0 Å². The maximum atomic E-state index is 12.7. The highest BCUT2D eigenvalue weighted by Crippen LogP contribution is 2.23. The van der Waals surface area contributed by atoms with Crippen molar-refractivity contribution in [1.82, 2.24) is 4.90 Å². The van der Waals surface area contributed by atoms with Crippen LogP contribution >= 0.6 is 0 Å². The zero-order valence-corrected chi connectivity index (χ0v) is 12.3. The van der Waals surface area contributed by atoms with Crippen LogP contribution in [0.3, 0.4) is 0 Å². The van der Waals surface area contributed by atoms with E-state index in [1.54, 1.807) is 4.90 Å². The van der Waals surface area contributed by atoms with Gasteiger partial charge in [0, 0.05) is 18.5 Å². The molecule has 0 spiro atoms. The largest absolute Gasteiger partial charge is 0.451 e. The summed E-state index contributed by atoms with van der Waals surface area (Å²) in [5.41, 5.74) is 7.52. The lowest BCUT2D eigenvalue weighted by molar-refractivity contribution is -0.0434. The fourth-order valence-electron chi connectivity index (χ4n) is 2.65. The van der Waals surface area contributed by atoms with Crippen LogP contribution in [-0.2, 0) is 4.74 Å². The van der Waals surface area contributed by atoms with Gasteiger partial charge in [-0.25, -0.2) is 0 Å². The summed E-state index contributed by atoms with van der Waals surface area (Å²) in [5.74, 6) is 0.276. The van der Waals surface area contributed by atoms with Gasteiger partial charge < -0.3 is 19.8 Å². The fourth-order valence-corrected chi connectivity index (χ4v) is 2.65. The highest BCUT2D eigenvalue weighted by Gasteiger charge is 2.31. The first-order valence-corrected chi connectivity index (χ1v) is 7.21. The third-order valence-corrected chi connectivity index (χ3v) is 3.91. The molecule has 0 bridgehead atoms. The van der Waals surface area contributed by atoms with Gasteiger partial charge >= 0.3 is 0 Å². The molecule has 1 aliphatic heterocycles. The standard InChI is InChI=1S/C16H20N2O3/c1-10-3-4-14-12(5-10)6-15(21-14)16(19)18-8-13(7-17)20-9-11(18)2/h3-6,11,13H,7-9,17H2,1-2H3. The molecule has 112 valence electrons. The molecule has 21 heavy (non-hydrogen) atoms. The molecule has 1 fully saturated rings. The summed E-state index contributed by atoms with van der Waals surface area (Å²) >= 11 is 0. The molecule has 3 rings (SSSR count). The van der Waals surface area contributed by atoms with Crippen LogP contribution in [0.5, 0.6) is 0 Å². The van der Waals surface area contributed by atoms with Gasteiger partial charge in [0.25, 0.3) is 5.91 Å². The van der Waals surface area contributed by atoms with Gasteiger partial charge in [-0.05, 0) is 32.0 Å². The maximum absolute atomic E-state index is 12.7. The Bertz CT molecular complexity index is 665. The molecule has 0 radical (unpaired) electrons. The molecule has 1 aromatic heterocycles. The third-order valence-electron chi connectivity index (χ3n) is 3.91. The van der Waals surface area contributed by atoms with Crippen molar-refractivity contribution >= 4 is 16.9 Å². The van der Waals surface area contributed by atoms with Crippen molar-refractivity contribution in [3.05, 3.63) is 35.6 Å². The number of hydrogen-bond donors (Lipinski definition) is 1. The summed E-state index contributed by atoms with van der Waals surface area (Å²) in [5, 5.41) is 0.953. The summed E-state index contributed by atoms with van der Waals surface area (Å²) in [7, 11) is 0. The minimum Gasteiger partial charge on any atom is -0.451 e. The Kier molecular flexibility index (Phi) is 3.69. The van der Waals surface area contributed by atoms with E-state index in [1.807, 2.05) is 38.1 Å². The Labute approximate surface area is 123 Å². The highest BCUT2D eigenvalue weighted by molar-refractivity contribution is 5.96. The Morgan fingerprint density at radius 3 is 3.00 bits per heavy atom. The molecule has 1 aromatic carbocycles. The first kappa shape index (κ1) is 14.1. The molecule has 0 saturated carbocycles. The average molecular weight is 288 g/mol. The van der Waals surface area contributed by atoms with Crippen LogP contribution < -0.4 is 5.73 Å². The average Bonchev–Trinajstić information content (AvgIpc) is 2.90. The van der Waals surface area contributed by atoms with Crippen molar-refractivity contribution in [3.63, 3.8) is 0 Å². The summed E-state index contributed by atoms with van der Waals surface area (Å²) in [6, 6.07) is 7.72. The van der Waals surface area contributed by atoms with Crippen LogP contribution in [0, 0.1) is 6.92 Å². The van der Waals surface area contributed by atoms with E-state index in [1.165, 1.54) is 0 Å². The summed E-state index contributed by atoms with van der Waals surface area (Å²) in [6.07, 6.45) is -0.100. The Morgan fingerprint density at radius 2 is 2.24 bits per heavy atom. The van der Waals surface area contributed by atoms with Gasteiger partial charge in [0.1, 0.15) is 5.58 Å². The minimum atomic E-state index is -0.100. The van der Waals surface area contributed by atoms with Crippen LogP contribution in [0.1, 0.15) is 23.0 Å². The van der Waals surface area contributed by atoms with Gasteiger partial charge in [-0.2, -0.15) is 0 Å². The number of morpholine rings is 1. The number of carbonyl (C=O) groups excluding carboxylic acids is 1. The highest BCUT2D eigenvalue weighted by atomic mass is 16.5. The second-order valence-corrected chi connectivity index (χ2v) is 5.65. The second kappa shape index (κ2) is 5.50. The number of benzene rings is 1. The molecular weight excluding hydrogens is 268 g/mol. The number of amides is 1. The van der Waals surface area contributed by atoms with Gasteiger partial charge in [-0.15, -0.1) is 0 Å². The molecular formula is C16H20N2O3. The third kappa shape index (κ3) is 2.66. The Morgan fingerprint density at radius 1 is 1.43 bits per heavy atom. The number of aryl methyl sites for hydroxylation is 1. The van der Waals surface area contributed by atoms with Crippen LogP contribution in [0.4, 0.5) is 0 Å². The van der Waals surface area contributed by atoms with E-state index in [9.17, 15) is 4.79 Å². The van der Waals surface area contributed by atoms with Crippen LogP contribution in [-0.4, -0.2) is 42.6 Å². The summed E-state index contributed by atoms with van der Waals surface area (Å²) < 4.78 is 11.3. The lowest BCUT2D eigenvalue weighted by Crippen LogP contribution is -2.52. The first-order valence-electron chi connectivity index (χ1n) is 7.21. The number of nitrogens with two attached hydrogens (primary N) is 1. The predicted octanol–water partition coefficient (Wildman–Crippen LogP) is 1.93. The van der Waals surface area contributed by atoms with E-state index in [4.69, 9.17) is 14.9 Å². The van der Waals surface area contributed by atoms with Crippen molar-refractivity contribution in [3.8, 4) is 0 Å². The Balaban J connectivity index is 1.88. The van der Waals surface area contributed by atoms with Crippen LogP contribution in [0.2, 0.25) is 0 Å². The molecule has 2 heterocycles. The molecule has 0 aliphatic carbocycles. The number of hydrogen-bond acceptors (Lipinski definition) is 4. The molecule has 5 heteroatoms. The number of rotatable bonds is 2. The van der Waals surface area contributed by atoms with Gasteiger partial charge in [0.05, 0.1) is 18.8 Å². The van der Waals surface area contributed by atoms with Crippen LogP contribution in [0.15, 0.2) is 28.7 Å². The number of fused-ring (bicyclic) bond motifs is 1. The van der Waals surface area contributed by atoms with Crippen molar-refractivity contribution in [2.75, 3.05) is 19.7 Å². The first-order chi connectivity index (χ1) is 10.1. The molecule has 1 aliphatic rings. The van der Waals surface area contributed by atoms with E-state index in [2.05, 4.69) is 0 Å². The van der Waals surface area contributed by atoms with Gasteiger partial charge in [0.2, 0.25) is 0 Å². The molecule has 1 saturated heterocycles. The molecule has 5 nitrogen and oxygen atoms in total. The van der Waals surface area contributed by atoms with E-state index in [0.717, 1.165) is 16.5 Å². The number of ether oxygens (including phenoxy) is 1. The molecule has 2 unspecified atom stereocenters. The van der Waals surface area contributed by atoms with Crippen molar-refractivity contribution in [1.29, 1.82) is 0 Å². The molecule has 2 atom stereocenters. The molecule has 2 N–H and O–H groups in total. The SMILES string of the molecule is Cc1ccc2oc(C(=O)N3CC(CN)OCC3C)cc2c1. The van der Waals surface area contributed by atoms with Crippen molar-refractivity contribution < 1.29 is 13.9 Å². The molecule has 1 amide bonds. The minimum absolute atomic E-state index is 0.0234. The predicted molar refractivity (Wildman–Crippen MR) is 80.2 cm³/mol. The van der Waals surface area contributed by atoms with E-state index >= 15 is 0 Å². The monoisotopic (exact) mass is 288 g/mol. The summed E-state index contributed by atoms with van der Waals surface area (Å²) in [6.45, 7) is 5.41. The zero-order valence-electron chi connectivity index (χ0n) is 12.3. The quantitative estimate of drug-likeness (QED) is 0.916. The van der Waals surface area contributed by atoms with E-state index in [0.29, 0.717) is 25.5 Å². The second-order valence-electron chi connectivity index (χ2n) is 5.65. The van der Waals surface area contributed by atoms with Gasteiger partial charge in [-0.3, -0.25) is 4.79 Å². The normalized spacial score (nSPS) is 22.7. The number of furan rings is 1. The van der Waals surface area contributed by atoms with Crippen molar-refractivity contribution in [2.45, 2.75) is 26.0 Å². The van der Waals surface area contributed by atoms with Gasteiger partial charge in [-0.1, -0.05) is 11.6 Å². The summed E-state index contributed by atoms with van der Waals surface area (Å²) in [4.78, 5) is 14.4. The molecule has 2 aromatic rings. The topological polar surface area (TPSA) is 68.7 Å². The Hall–Kier alpha value is -1.85. The lowest BCUT2D eigenvalue weighted by Gasteiger charge is -2.37. The van der Waals surface area contributed by atoms with E-state index in [-0.39, 0.29) is 18.1 Å². The maximum Gasteiger partial charge on any atom is 0.290 e. The fraction of sp³-hybridized carbons (Fsp3) is 0.438. The van der Waals surface area contributed by atoms with Gasteiger partial charge in [0.15, 0.2) is 5.76 Å². The smallest absolute Gasteiger partial charge is 0.290 e.